The Morgan fingerprint density at radius 2 is 1.97 bits per heavy atom. The van der Waals surface area contributed by atoms with Gasteiger partial charge in [0.05, 0.1) is 17.1 Å². The standard InChI is InChI=1S/C25H28Cl2N4O3/c1-17-13-24(31-8-2-7-30(9-10-31)11-12-32)29-22-5-4-19(15-20(17)22)28-25(33)16-34-23-6-3-18(26)14-21(23)27/h3-6,13-15,32H,2,7-12,16H2,1H3,(H,28,33). The highest BCUT2D eigenvalue weighted by atomic mass is 35.5. The molecule has 1 aliphatic heterocycles. The lowest BCUT2D eigenvalue weighted by atomic mass is 10.1. The second-order valence-corrected chi connectivity index (χ2v) is 9.19. The van der Waals surface area contributed by atoms with Gasteiger partial charge in [-0.3, -0.25) is 9.69 Å². The van der Waals surface area contributed by atoms with Gasteiger partial charge in [-0.15, -0.1) is 0 Å². The van der Waals surface area contributed by atoms with Gasteiger partial charge in [-0.2, -0.15) is 0 Å². The third-order valence-electron chi connectivity index (χ3n) is 5.87. The van der Waals surface area contributed by atoms with Crippen molar-refractivity contribution < 1.29 is 14.6 Å². The Morgan fingerprint density at radius 1 is 1.12 bits per heavy atom. The quantitative estimate of drug-likeness (QED) is 0.499. The van der Waals surface area contributed by atoms with E-state index in [1.807, 2.05) is 18.2 Å². The van der Waals surface area contributed by atoms with E-state index in [0.717, 1.165) is 54.9 Å². The smallest absolute Gasteiger partial charge is 0.262 e. The van der Waals surface area contributed by atoms with Gasteiger partial charge < -0.3 is 20.1 Å². The van der Waals surface area contributed by atoms with Crippen molar-refractivity contribution in [1.29, 1.82) is 0 Å². The van der Waals surface area contributed by atoms with Crippen molar-refractivity contribution in [2.75, 3.05) is 56.2 Å². The lowest BCUT2D eigenvalue weighted by Gasteiger charge is -2.23. The molecular weight excluding hydrogens is 475 g/mol. The van der Waals surface area contributed by atoms with Gasteiger partial charge in [-0.1, -0.05) is 23.2 Å². The van der Waals surface area contributed by atoms with Crippen molar-refractivity contribution in [3.05, 3.63) is 58.1 Å². The third kappa shape index (κ3) is 6.10. The second-order valence-electron chi connectivity index (χ2n) is 8.35. The van der Waals surface area contributed by atoms with E-state index >= 15 is 0 Å². The maximum atomic E-state index is 12.4. The zero-order valence-electron chi connectivity index (χ0n) is 19.1. The Labute approximate surface area is 209 Å². The monoisotopic (exact) mass is 502 g/mol. The predicted molar refractivity (Wildman–Crippen MR) is 137 cm³/mol. The van der Waals surface area contributed by atoms with Crippen LogP contribution >= 0.6 is 23.2 Å². The van der Waals surface area contributed by atoms with Crippen LogP contribution in [-0.2, 0) is 4.79 Å². The number of hydrogen-bond acceptors (Lipinski definition) is 6. The number of ether oxygens (including phenoxy) is 1. The van der Waals surface area contributed by atoms with Gasteiger partial charge >= 0.3 is 0 Å². The first-order chi connectivity index (χ1) is 16.4. The summed E-state index contributed by atoms with van der Waals surface area (Å²) in [5, 5.41) is 13.9. The number of nitrogens with one attached hydrogen (secondary N) is 1. The van der Waals surface area contributed by atoms with Crippen LogP contribution in [0.5, 0.6) is 5.75 Å². The summed E-state index contributed by atoms with van der Waals surface area (Å²) in [6, 6.07) is 12.7. The summed E-state index contributed by atoms with van der Waals surface area (Å²) in [5.74, 6) is 1.07. The molecule has 1 fully saturated rings. The summed E-state index contributed by atoms with van der Waals surface area (Å²) in [6.07, 6.45) is 1.03. The van der Waals surface area contributed by atoms with Crippen LogP contribution < -0.4 is 15.0 Å². The molecule has 0 radical (unpaired) electrons. The molecule has 0 saturated carbocycles. The number of aliphatic hydroxyl groups is 1. The van der Waals surface area contributed by atoms with Gasteiger partial charge in [-0.25, -0.2) is 4.98 Å². The fraction of sp³-hybridized carbons (Fsp3) is 0.360. The number of aliphatic hydroxyl groups excluding tert-OH is 1. The molecule has 1 aliphatic rings. The Kier molecular flexibility index (Phi) is 8.11. The largest absolute Gasteiger partial charge is 0.482 e. The number of amides is 1. The molecule has 0 unspecified atom stereocenters. The summed E-state index contributed by atoms with van der Waals surface area (Å²) in [4.78, 5) is 21.9. The lowest BCUT2D eigenvalue weighted by Crippen LogP contribution is -2.32. The molecule has 2 N–H and O–H groups in total. The molecule has 0 atom stereocenters. The maximum absolute atomic E-state index is 12.4. The molecule has 180 valence electrons. The minimum Gasteiger partial charge on any atom is -0.482 e. The zero-order chi connectivity index (χ0) is 24.1. The second kappa shape index (κ2) is 11.2. The van der Waals surface area contributed by atoms with E-state index in [-0.39, 0.29) is 19.1 Å². The molecule has 0 aliphatic carbocycles. The van der Waals surface area contributed by atoms with E-state index < -0.39 is 0 Å². The number of β-amino-alcohol motifs (C(OH)–C–C–N with tert-alkyl or cyclic N) is 1. The summed E-state index contributed by atoms with van der Waals surface area (Å²) in [7, 11) is 0. The molecule has 7 nitrogen and oxygen atoms in total. The van der Waals surface area contributed by atoms with Gasteiger partial charge in [0.25, 0.3) is 5.91 Å². The minimum absolute atomic E-state index is 0.169. The minimum atomic E-state index is -0.287. The van der Waals surface area contributed by atoms with Crippen molar-refractivity contribution in [3.8, 4) is 5.75 Å². The van der Waals surface area contributed by atoms with E-state index in [9.17, 15) is 9.90 Å². The zero-order valence-corrected chi connectivity index (χ0v) is 20.6. The SMILES string of the molecule is Cc1cc(N2CCCN(CCO)CC2)nc2ccc(NC(=O)COc3ccc(Cl)cc3Cl)cc12. The van der Waals surface area contributed by atoms with Crippen LogP contribution in [-0.4, -0.2) is 66.8 Å². The van der Waals surface area contributed by atoms with Crippen molar-refractivity contribution >= 4 is 51.5 Å². The molecule has 34 heavy (non-hydrogen) atoms. The topological polar surface area (TPSA) is 77.9 Å². The Hall–Kier alpha value is -2.58. The highest BCUT2D eigenvalue weighted by Crippen LogP contribution is 2.28. The fourth-order valence-corrected chi connectivity index (χ4v) is 4.58. The molecule has 1 aromatic heterocycles. The normalized spacial score (nSPS) is 14.8. The number of anilines is 2. The first kappa shape index (κ1) is 24.5. The van der Waals surface area contributed by atoms with E-state index in [1.165, 1.54) is 0 Å². The Balaban J connectivity index is 1.42. The molecule has 0 bridgehead atoms. The van der Waals surface area contributed by atoms with Crippen molar-refractivity contribution in [3.63, 3.8) is 0 Å². The molecule has 1 saturated heterocycles. The number of rotatable bonds is 7. The number of benzene rings is 2. The molecule has 2 heterocycles. The van der Waals surface area contributed by atoms with Gasteiger partial charge in [0.2, 0.25) is 0 Å². The van der Waals surface area contributed by atoms with E-state index in [0.29, 0.717) is 28.0 Å². The van der Waals surface area contributed by atoms with Crippen LogP contribution in [0.15, 0.2) is 42.5 Å². The fourth-order valence-electron chi connectivity index (χ4n) is 4.11. The highest BCUT2D eigenvalue weighted by Gasteiger charge is 2.17. The molecule has 1 amide bonds. The summed E-state index contributed by atoms with van der Waals surface area (Å²) in [5.41, 5.74) is 2.65. The lowest BCUT2D eigenvalue weighted by molar-refractivity contribution is -0.118. The van der Waals surface area contributed by atoms with E-state index in [2.05, 4.69) is 28.1 Å². The number of carbonyl (C=O) groups excluding carboxylic acids is 1. The van der Waals surface area contributed by atoms with E-state index in [4.69, 9.17) is 32.9 Å². The molecule has 0 spiro atoms. The first-order valence-electron chi connectivity index (χ1n) is 11.3. The van der Waals surface area contributed by atoms with Gasteiger partial charge in [-0.05, 0) is 67.9 Å². The van der Waals surface area contributed by atoms with Crippen LogP contribution in [0.25, 0.3) is 10.9 Å². The Morgan fingerprint density at radius 3 is 2.76 bits per heavy atom. The number of hydrogen-bond donors (Lipinski definition) is 2. The number of halogens is 2. The van der Waals surface area contributed by atoms with Crippen LogP contribution in [0, 0.1) is 6.92 Å². The third-order valence-corrected chi connectivity index (χ3v) is 6.40. The number of carbonyl (C=O) groups is 1. The number of fused-ring (bicyclic) bond motifs is 1. The molecule has 3 aromatic rings. The Bertz CT molecular complexity index is 1170. The van der Waals surface area contributed by atoms with Crippen molar-refractivity contribution in [2.45, 2.75) is 13.3 Å². The van der Waals surface area contributed by atoms with Crippen LogP contribution in [0.3, 0.4) is 0 Å². The maximum Gasteiger partial charge on any atom is 0.262 e. The van der Waals surface area contributed by atoms with Crippen LogP contribution in [0.2, 0.25) is 10.0 Å². The first-order valence-corrected chi connectivity index (χ1v) is 12.1. The average Bonchev–Trinajstić information content (AvgIpc) is 3.05. The number of aryl methyl sites for hydroxylation is 1. The van der Waals surface area contributed by atoms with Gasteiger partial charge in [0.1, 0.15) is 11.6 Å². The predicted octanol–water partition coefficient (Wildman–Crippen LogP) is 4.37. The van der Waals surface area contributed by atoms with Crippen LogP contribution in [0.1, 0.15) is 12.0 Å². The summed E-state index contributed by atoms with van der Waals surface area (Å²) < 4.78 is 5.52. The number of aromatic nitrogens is 1. The van der Waals surface area contributed by atoms with Crippen molar-refractivity contribution in [2.24, 2.45) is 0 Å². The molecule has 4 rings (SSSR count). The molecule has 9 heteroatoms. The average molecular weight is 503 g/mol. The highest BCUT2D eigenvalue weighted by molar-refractivity contribution is 6.35. The summed E-state index contributed by atoms with van der Waals surface area (Å²) in [6.45, 7) is 6.50. The van der Waals surface area contributed by atoms with Crippen molar-refractivity contribution in [1.82, 2.24) is 9.88 Å². The molecule has 2 aromatic carbocycles. The molecular formula is C25H28Cl2N4O3. The van der Waals surface area contributed by atoms with Gasteiger partial charge in [0.15, 0.2) is 6.61 Å². The van der Waals surface area contributed by atoms with Crippen LogP contribution in [0.4, 0.5) is 11.5 Å². The van der Waals surface area contributed by atoms with Gasteiger partial charge in [0, 0.05) is 42.3 Å². The summed E-state index contributed by atoms with van der Waals surface area (Å²) >= 11 is 12.0. The number of pyridine rings is 1. The number of nitrogens with zero attached hydrogens (tertiary/aromatic N) is 3. The van der Waals surface area contributed by atoms with E-state index in [1.54, 1.807) is 18.2 Å².